The van der Waals surface area contributed by atoms with Crippen LogP contribution in [0.2, 0.25) is 0 Å². The summed E-state index contributed by atoms with van der Waals surface area (Å²) in [6, 6.07) is 16.9. The van der Waals surface area contributed by atoms with Crippen molar-refractivity contribution >= 4 is 10.9 Å². The van der Waals surface area contributed by atoms with Crippen LogP contribution in [0.1, 0.15) is 25.0 Å². The molecule has 3 aromatic rings. The second-order valence-electron chi connectivity index (χ2n) is 6.46. The first-order valence-corrected chi connectivity index (χ1v) is 7.89. The molecule has 1 heterocycles. The number of hydrogen-bond donors (Lipinski definition) is 1. The van der Waals surface area contributed by atoms with Crippen molar-refractivity contribution in [2.45, 2.75) is 26.1 Å². The van der Waals surface area contributed by atoms with E-state index in [0.29, 0.717) is 11.3 Å². The van der Waals surface area contributed by atoms with Crippen molar-refractivity contribution in [3.8, 4) is 5.75 Å². The number of nitrogens with zero attached hydrogens (tertiary/aromatic N) is 1. The summed E-state index contributed by atoms with van der Waals surface area (Å²) in [5, 5.41) is 11.0. The van der Waals surface area contributed by atoms with Crippen LogP contribution in [-0.2, 0) is 19.3 Å². The third kappa shape index (κ3) is 3.19. The van der Waals surface area contributed by atoms with Crippen molar-refractivity contribution in [3.05, 3.63) is 76.1 Å². The molecule has 24 heavy (non-hydrogen) atoms. The summed E-state index contributed by atoms with van der Waals surface area (Å²) in [6.07, 6.45) is 0. The van der Waals surface area contributed by atoms with Crippen LogP contribution in [0.15, 0.2) is 59.4 Å². The minimum Gasteiger partial charge on any atom is -0.489 e. The molecule has 0 aliphatic heterocycles. The van der Waals surface area contributed by atoms with E-state index in [2.05, 4.69) is 0 Å². The van der Waals surface area contributed by atoms with E-state index in [4.69, 9.17) is 4.74 Å². The SMILES string of the molecule is Cn1c(=O)c(COc2ccc(C(C)(C)O)cc2)cc2ccccc21. The Balaban J connectivity index is 1.83. The fourth-order valence-corrected chi connectivity index (χ4v) is 2.71. The van der Waals surface area contributed by atoms with Gasteiger partial charge in [-0.1, -0.05) is 30.3 Å². The minimum absolute atomic E-state index is 0.0539. The van der Waals surface area contributed by atoms with Crippen molar-refractivity contribution in [2.24, 2.45) is 7.05 Å². The largest absolute Gasteiger partial charge is 0.489 e. The lowest BCUT2D eigenvalue weighted by Gasteiger charge is -2.18. The molecule has 2 aromatic carbocycles. The minimum atomic E-state index is -0.882. The van der Waals surface area contributed by atoms with Crippen LogP contribution in [0.5, 0.6) is 5.75 Å². The van der Waals surface area contributed by atoms with Crippen molar-refractivity contribution in [1.82, 2.24) is 4.57 Å². The molecule has 1 N–H and O–H groups in total. The van der Waals surface area contributed by atoms with E-state index < -0.39 is 5.60 Å². The van der Waals surface area contributed by atoms with Gasteiger partial charge in [0.25, 0.3) is 5.56 Å². The van der Waals surface area contributed by atoms with Crippen LogP contribution in [0.3, 0.4) is 0 Å². The number of ether oxygens (including phenoxy) is 1. The molecule has 1 aromatic heterocycles. The lowest BCUT2D eigenvalue weighted by atomic mass is 9.99. The van der Waals surface area contributed by atoms with Gasteiger partial charge in [0.15, 0.2) is 0 Å². The van der Waals surface area contributed by atoms with E-state index in [1.54, 1.807) is 37.6 Å². The summed E-state index contributed by atoms with van der Waals surface area (Å²) < 4.78 is 7.39. The van der Waals surface area contributed by atoms with Gasteiger partial charge in [0.2, 0.25) is 0 Å². The van der Waals surface area contributed by atoms with Crippen LogP contribution < -0.4 is 10.3 Å². The van der Waals surface area contributed by atoms with Crippen molar-refractivity contribution in [2.75, 3.05) is 0 Å². The smallest absolute Gasteiger partial charge is 0.257 e. The Kier molecular flexibility index (Phi) is 4.16. The molecule has 0 amide bonds. The van der Waals surface area contributed by atoms with Crippen LogP contribution in [-0.4, -0.2) is 9.67 Å². The molecule has 0 atom stereocenters. The Hall–Kier alpha value is -2.59. The Bertz CT molecular complexity index is 918. The predicted molar refractivity (Wildman–Crippen MR) is 95.2 cm³/mol. The van der Waals surface area contributed by atoms with Gasteiger partial charge in [-0.25, -0.2) is 0 Å². The monoisotopic (exact) mass is 323 g/mol. The standard InChI is InChI=1S/C20H21NO3/c1-20(2,23)16-8-10-17(11-9-16)24-13-15-12-14-6-4-5-7-18(14)21(3)19(15)22/h4-12,23H,13H2,1-3H3. The predicted octanol–water partition coefficient (Wildman–Crippen LogP) is 3.34. The zero-order valence-corrected chi connectivity index (χ0v) is 14.1. The van der Waals surface area contributed by atoms with E-state index in [9.17, 15) is 9.90 Å². The molecule has 0 unspecified atom stereocenters. The Morgan fingerprint density at radius 3 is 2.42 bits per heavy atom. The number of aliphatic hydroxyl groups is 1. The Morgan fingerprint density at radius 1 is 1.08 bits per heavy atom. The molecule has 0 radical (unpaired) electrons. The highest BCUT2D eigenvalue weighted by Crippen LogP contribution is 2.22. The maximum Gasteiger partial charge on any atom is 0.257 e. The molecule has 124 valence electrons. The lowest BCUT2D eigenvalue weighted by Crippen LogP contribution is -2.22. The van der Waals surface area contributed by atoms with Crippen LogP contribution in [0.4, 0.5) is 0 Å². The molecule has 0 aliphatic carbocycles. The van der Waals surface area contributed by atoms with Gasteiger partial charge in [-0.05, 0) is 49.1 Å². The highest BCUT2D eigenvalue weighted by Gasteiger charge is 2.15. The topological polar surface area (TPSA) is 51.5 Å². The van der Waals surface area contributed by atoms with Crippen LogP contribution in [0, 0.1) is 0 Å². The zero-order valence-electron chi connectivity index (χ0n) is 14.1. The quantitative estimate of drug-likeness (QED) is 0.801. The van der Waals surface area contributed by atoms with Crippen molar-refractivity contribution < 1.29 is 9.84 Å². The lowest BCUT2D eigenvalue weighted by molar-refractivity contribution is 0.0785. The summed E-state index contributed by atoms with van der Waals surface area (Å²) in [5.74, 6) is 0.665. The van der Waals surface area contributed by atoms with Gasteiger partial charge in [0.1, 0.15) is 12.4 Å². The third-order valence-electron chi connectivity index (χ3n) is 4.16. The molecule has 3 rings (SSSR count). The van der Waals surface area contributed by atoms with E-state index in [0.717, 1.165) is 16.5 Å². The number of para-hydroxylation sites is 1. The highest BCUT2D eigenvalue weighted by molar-refractivity contribution is 5.79. The molecule has 4 heteroatoms. The van der Waals surface area contributed by atoms with Gasteiger partial charge >= 0.3 is 0 Å². The summed E-state index contributed by atoms with van der Waals surface area (Å²) in [5.41, 5.74) is 1.40. The number of pyridine rings is 1. The average Bonchev–Trinajstić information content (AvgIpc) is 2.56. The van der Waals surface area contributed by atoms with E-state index >= 15 is 0 Å². The van der Waals surface area contributed by atoms with Gasteiger partial charge in [0, 0.05) is 7.05 Å². The number of aromatic nitrogens is 1. The number of rotatable bonds is 4. The highest BCUT2D eigenvalue weighted by atomic mass is 16.5. The summed E-state index contributed by atoms with van der Waals surface area (Å²) >= 11 is 0. The Morgan fingerprint density at radius 2 is 1.75 bits per heavy atom. The summed E-state index contributed by atoms with van der Waals surface area (Å²) in [4.78, 5) is 12.4. The van der Waals surface area contributed by atoms with Crippen molar-refractivity contribution in [1.29, 1.82) is 0 Å². The molecule has 0 saturated carbocycles. The normalized spacial score (nSPS) is 11.7. The molecule has 0 bridgehead atoms. The van der Waals surface area contributed by atoms with E-state index in [1.165, 1.54) is 0 Å². The van der Waals surface area contributed by atoms with Gasteiger partial charge in [-0.15, -0.1) is 0 Å². The molecular formula is C20H21NO3. The number of hydrogen-bond acceptors (Lipinski definition) is 3. The number of fused-ring (bicyclic) bond motifs is 1. The zero-order chi connectivity index (χ0) is 17.3. The van der Waals surface area contributed by atoms with E-state index in [-0.39, 0.29) is 12.2 Å². The first kappa shape index (κ1) is 16.3. The maximum absolute atomic E-state index is 12.4. The number of aryl methyl sites for hydroxylation is 1. The van der Waals surface area contributed by atoms with Crippen LogP contribution >= 0.6 is 0 Å². The molecule has 0 aliphatic rings. The summed E-state index contributed by atoms with van der Waals surface area (Å²) in [6.45, 7) is 3.68. The van der Waals surface area contributed by atoms with Crippen molar-refractivity contribution in [3.63, 3.8) is 0 Å². The molecule has 4 nitrogen and oxygen atoms in total. The molecule has 0 saturated heterocycles. The average molecular weight is 323 g/mol. The second kappa shape index (κ2) is 6.13. The molecular weight excluding hydrogens is 302 g/mol. The second-order valence-corrected chi connectivity index (χ2v) is 6.46. The van der Waals surface area contributed by atoms with E-state index in [1.807, 2.05) is 42.5 Å². The fourth-order valence-electron chi connectivity index (χ4n) is 2.71. The Labute approximate surface area is 140 Å². The first-order valence-electron chi connectivity index (χ1n) is 7.89. The van der Waals surface area contributed by atoms with Crippen LogP contribution in [0.25, 0.3) is 10.9 Å². The molecule has 0 spiro atoms. The summed E-state index contributed by atoms with van der Waals surface area (Å²) in [7, 11) is 1.77. The van der Waals surface area contributed by atoms with Gasteiger partial charge in [-0.3, -0.25) is 4.79 Å². The maximum atomic E-state index is 12.4. The number of benzene rings is 2. The molecule has 0 fully saturated rings. The van der Waals surface area contributed by atoms with Gasteiger partial charge < -0.3 is 14.4 Å². The van der Waals surface area contributed by atoms with Gasteiger partial charge in [0.05, 0.1) is 16.7 Å². The van der Waals surface area contributed by atoms with Gasteiger partial charge in [-0.2, -0.15) is 0 Å². The first-order chi connectivity index (χ1) is 11.4. The fraction of sp³-hybridized carbons (Fsp3) is 0.250. The third-order valence-corrected chi connectivity index (χ3v) is 4.16.